The predicted octanol–water partition coefficient (Wildman–Crippen LogP) is 4.55. The van der Waals surface area contributed by atoms with Gasteiger partial charge in [0.1, 0.15) is 16.5 Å². The van der Waals surface area contributed by atoms with Crippen molar-refractivity contribution in [2.75, 3.05) is 5.32 Å². The molecule has 24 heavy (non-hydrogen) atoms. The van der Waals surface area contributed by atoms with Gasteiger partial charge < -0.3 is 5.32 Å². The maximum atomic E-state index is 11.1. The molecule has 0 atom stereocenters. The van der Waals surface area contributed by atoms with Crippen LogP contribution in [0.3, 0.4) is 0 Å². The maximum Gasteiger partial charge on any atom is 0.274 e. The molecule has 1 N–H and O–H groups in total. The van der Waals surface area contributed by atoms with Gasteiger partial charge in [-0.15, -0.1) is 11.3 Å². The van der Waals surface area contributed by atoms with E-state index < -0.39 is 0 Å². The van der Waals surface area contributed by atoms with Crippen molar-refractivity contribution in [1.82, 2.24) is 9.97 Å². The Labute approximate surface area is 143 Å². The van der Waals surface area contributed by atoms with Crippen LogP contribution in [0.2, 0.25) is 0 Å². The van der Waals surface area contributed by atoms with Crippen LogP contribution in [0.1, 0.15) is 31.2 Å². The molecular formula is C17H18N4O2S. The lowest BCUT2D eigenvalue weighted by atomic mass is 10.2. The van der Waals surface area contributed by atoms with Crippen molar-refractivity contribution in [2.45, 2.75) is 32.7 Å². The number of anilines is 1. The highest BCUT2D eigenvalue weighted by Gasteiger charge is 2.14. The van der Waals surface area contributed by atoms with Crippen LogP contribution < -0.4 is 5.32 Å². The smallest absolute Gasteiger partial charge is 0.274 e. The molecule has 0 fully saturated rings. The third kappa shape index (κ3) is 3.51. The van der Waals surface area contributed by atoms with Gasteiger partial charge in [-0.1, -0.05) is 31.5 Å². The zero-order valence-electron chi connectivity index (χ0n) is 13.4. The summed E-state index contributed by atoms with van der Waals surface area (Å²) in [5.74, 6) is 1.56. The number of hydrogen-bond donors (Lipinski definition) is 1. The van der Waals surface area contributed by atoms with Gasteiger partial charge in [-0.25, -0.2) is 9.97 Å². The first-order valence-corrected chi connectivity index (χ1v) is 8.77. The topological polar surface area (TPSA) is 81.0 Å². The number of aromatic nitrogens is 2. The molecule has 0 aliphatic heterocycles. The Morgan fingerprint density at radius 2 is 2.08 bits per heavy atom. The van der Waals surface area contributed by atoms with E-state index in [0.717, 1.165) is 41.1 Å². The Bertz CT molecular complexity index is 863. The quantitative estimate of drug-likeness (QED) is 0.503. The van der Waals surface area contributed by atoms with Gasteiger partial charge in [0.25, 0.3) is 5.69 Å². The molecule has 0 aliphatic carbocycles. The van der Waals surface area contributed by atoms with Crippen molar-refractivity contribution in [1.29, 1.82) is 0 Å². The van der Waals surface area contributed by atoms with Crippen LogP contribution in [0.15, 0.2) is 35.7 Å². The first-order chi connectivity index (χ1) is 11.7. The minimum Gasteiger partial charge on any atom is -0.365 e. The monoisotopic (exact) mass is 342 g/mol. The first kappa shape index (κ1) is 16.3. The summed E-state index contributed by atoms with van der Waals surface area (Å²) < 4.78 is 0. The summed E-state index contributed by atoms with van der Waals surface area (Å²) in [6.45, 7) is 2.49. The second-order valence-electron chi connectivity index (χ2n) is 5.47. The van der Waals surface area contributed by atoms with Crippen LogP contribution in [0.4, 0.5) is 11.5 Å². The molecule has 2 heterocycles. The van der Waals surface area contributed by atoms with Crippen LogP contribution in [0.25, 0.3) is 10.2 Å². The minimum absolute atomic E-state index is 0.117. The number of para-hydroxylation sites is 1. The van der Waals surface area contributed by atoms with E-state index in [9.17, 15) is 10.1 Å². The van der Waals surface area contributed by atoms with Gasteiger partial charge in [-0.2, -0.15) is 0 Å². The molecule has 0 unspecified atom stereocenters. The van der Waals surface area contributed by atoms with E-state index >= 15 is 0 Å². The standard InChI is InChI=1S/C17H18N4O2S/c1-2-3-8-15-19-16(13-9-10-24-17(13)20-15)18-11-12-6-4-5-7-14(12)21(22)23/h4-7,9-10H,2-3,8,11H2,1H3,(H,18,19,20). The number of nitro groups is 1. The van der Waals surface area contributed by atoms with E-state index in [4.69, 9.17) is 0 Å². The van der Waals surface area contributed by atoms with Crippen LogP contribution >= 0.6 is 11.3 Å². The van der Waals surface area contributed by atoms with Crippen LogP contribution in [0.5, 0.6) is 0 Å². The summed E-state index contributed by atoms with van der Waals surface area (Å²) in [6.07, 6.45) is 2.97. The summed E-state index contributed by atoms with van der Waals surface area (Å²) in [5, 5.41) is 17.3. The van der Waals surface area contributed by atoms with Gasteiger partial charge >= 0.3 is 0 Å². The average molecular weight is 342 g/mol. The van der Waals surface area contributed by atoms with Crippen molar-refractivity contribution in [2.24, 2.45) is 0 Å². The fraction of sp³-hybridized carbons (Fsp3) is 0.294. The summed E-state index contributed by atoms with van der Waals surface area (Å²) in [7, 11) is 0. The Balaban J connectivity index is 1.87. The number of benzene rings is 1. The molecule has 0 saturated heterocycles. The van der Waals surface area contributed by atoms with Gasteiger partial charge in [-0.3, -0.25) is 10.1 Å². The molecule has 0 bridgehead atoms. The summed E-state index contributed by atoms with van der Waals surface area (Å²) in [6, 6.07) is 8.73. The van der Waals surface area contributed by atoms with Gasteiger partial charge in [0.2, 0.25) is 0 Å². The molecule has 0 spiro atoms. The number of rotatable bonds is 7. The first-order valence-electron chi connectivity index (χ1n) is 7.89. The average Bonchev–Trinajstić information content (AvgIpc) is 3.06. The fourth-order valence-electron chi connectivity index (χ4n) is 2.50. The van der Waals surface area contributed by atoms with E-state index in [1.54, 1.807) is 29.5 Å². The van der Waals surface area contributed by atoms with Crippen molar-refractivity contribution in [3.8, 4) is 0 Å². The molecular weight excluding hydrogens is 324 g/mol. The number of fused-ring (bicyclic) bond motifs is 1. The number of aryl methyl sites for hydroxylation is 1. The number of nitrogens with zero attached hydrogens (tertiary/aromatic N) is 3. The lowest BCUT2D eigenvalue weighted by Crippen LogP contribution is -2.06. The molecule has 3 rings (SSSR count). The number of nitro benzene ring substituents is 1. The lowest BCUT2D eigenvalue weighted by molar-refractivity contribution is -0.385. The molecule has 1 aromatic carbocycles. The second-order valence-corrected chi connectivity index (χ2v) is 6.37. The fourth-order valence-corrected chi connectivity index (χ4v) is 3.28. The molecule has 124 valence electrons. The van der Waals surface area contributed by atoms with Gasteiger partial charge in [0.15, 0.2) is 0 Å². The molecule has 0 aliphatic rings. The van der Waals surface area contributed by atoms with Crippen LogP contribution in [-0.2, 0) is 13.0 Å². The zero-order chi connectivity index (χ0) is 16.9. The zero-order valence-corrected chi connectivity index (χ0v) is 14.2. The molecule has 0 radical (unpaired) electrons. The number of hydrogen-bond acceptors (Lipinski definition) is 6. The van der Waals surface area contributed by atoms with E-state index in [2.05, 4.69) is 22.2 Å². The Morgan fingerprint density at radius 3 is 2.88 bits per heavy atom. The van der Waals surface area contributed by atoms with E-state index in [-0.39, 0.29) is 10.6 Å². The van der Waals surface area contributed by atoms with Crippen molar-refractivity contribution < 1.29 is 4.92 Å². The van der Waals surface area contributed by atoms with Gasteiger partial charge in [-0.05, 0) is 17.9 Å². The molecule has 7 heteroatoms. The number of nitrogens with one attached hydrogen (secondary N) is 1. The van der Waals surface area contributed by atoms with Gasteiger partial charge in [0, 0.05) is 24.6 Å². The SMILES string of the molecule is CCCCc1nc(NCc2ccccc2[N+](=O)[O-])c2ccsc2n1. The minimum atomic E-state index is -0.357. The number of unbranched alkanes of at least 4 members (excludes halogenated alkanes) is 1. The van der Waals surface area contributed by atoms with E-state index in [0.29, 0.717) is 12.1 Å². The Kier molecular flexibility index (Phi) is 5.00. The van der Waals surface area contributed by atoms with Crippen molar-refractivity contribution in [3.63, 3.8) is 0 Å². The Morgan fingerprint density at radius 1 is 1.25 bits per heavy atom. The highest BCUT2D eigenvalue weighted by atomic mass is 32.1. The summed E-state index contributed by atoms with van der Waals surface area (Å²) >= 11 is 1.58. The summed E-state index contributed by atoms with van der Waals surface area (Å²) in [4.78, 5) is 20.9. The van der Waals surface area contributed by atoms with E-state index in [1.165, 1.54) is 6.07 Å². The number of thiophene rings is 1. The highest BCUT2D eigenvalue weighted by molar-refractivity contribution is 7.16. The predicted molar refractivity (Wildman–Crippen MR) is 96.5 cm³/mol. The molecule has 6 nitrogen and oxygen atoms in total. The Hall–Kier alpha value is -2.54. The normalized spacial score (nSPS) is 10.9. The molecule has 0 saturated carbocycles. The third-order valence-corrected chi connectivity index (χ3v) is 4.57. The maximum absolute atomic E-state index is 11.1. The van der Waals surface area contributed by atoms with Gasteiger partial charge in [0.05, 0.1) is 10.3 Å². The molecule has 2 aromatic heterocycles. The van der Waals surface area contributed by atoms with Crippen LogP contribution in [-0.4, -0.2) is 14.9 Å². The van der Waals surface area contributed by atoms with Crippen molar-refractivity contribution >= 4 is 33.1 Å². The van der Waals surface area contributed by atoms with E-state index in [1.807, 2.05) is 11.4 Å². The summed E-state index contributed by atoms with van der Waals surface area (Å²) in [5.41, 5.74) is 0.756. The highest BCUT2D eigenvalue weighted by Crippen LogP contribution is 2.27. The van der Waals surface area contributed by atoms with Crippen LogP contribution in [0, 0.1) is 10.1 Å². The second kappa shape index (κ2) is 7.35. The molecule has 0 amide bonds. The lowest BCUT2D eigenvalue weighted by Gasteiger charge is -2.09. The molecule has 3 aromatic rings. The third-order valence-electron chi connectivity index (χ3n) is 3.76. The van der Waals surface area contributed by atoms with Crippen molar-refractivity contribution in [3.05, 3.63) is 57.2 Å². The largest absolute Gasteiger partial charge is 0.365 e.